The minimum Gasteiger partial charge on any atom is -0.399 e. The topological polar surface area (TPSA) is 42.8 Å². The highest BCUT2D eigenvalue weighted by atomic mass is 32.2. The SMILES string of the molecule is CC1(C)OB(c2ccc(-c3ccc(C4=NCC5=C(CCSC5)N4)cc3)cc2)OC1(C)C. The molecule has 1 fully saturated rings. The molecule has 3 aliphatic heterocycles. The van der Waals surface area contributed by atoms with Crippen molar-refractivity contribution in [3.05, 3.63) is 65.4 Å². The molecule has 0 spiro atoms. The predicted octanol–water partition coefficient (Wildman–Crippen LogP) is 4.39. The number of nitrogens with one attached hydrogen (secondary N) is 1. The maximum atomic E-state index is 6.17. The summed E-state index contributed by atoms with van der Waals surface area (Å²) in [4.78, 5) is 4.77. The number of rotatable bonds is 3. The molecule has 160 valence electrons. The van der Waals surface area contributed by atoms with Gasteiger partial charge in [0.05, 0.1) is 17.7 Å². The van der Waals surface area contributed by atoms with Crippen molar-refractivity contribution in [2.45, 2.75) is 45.3 Å². The van der Waals surface area contributed by atoms with Gasteiger partial charge < -0.3 is 14.6 Å². The molecule has 31 heavy (non-hydrogen) atoms. The van der Waals surface area contributed by atoms with Gasteiger partial charge in [-0.2, -0.15) is 11.8 Å². The maximum Gasteiger partial charge on any atom is 0.494 e. The van der Waals surface area contributed by atoms with Crippen LogP contribution >= 0.6 is 11.8 Å². The van der Waals surface area contributed by atoms with E-state index in [1.807, 2.05) is 11.8 Å². The molecular weight excluding hydrogens is 403 g/mol. The van der Waals surface area contributed by atoms with Crippen LogP contribution in [0.1, 0.15) is 39.7 Å². The van der Waals surface area contributed by atoms with Crippen LogP contribution in [-0.4, -0.2) is 42.2 Å². The fraction of sp³-hybridized carbons (Fsp3) is 0.400. The third-order valence-corrected chi connectivity index (χ3v) is 7.87. The summed E-state index contributed by atoms with van der Waals surface area (Å²) in [6.45, 7) is 9.16. The Balaban J connectivity index is 1.29. The first-order chi connectivity index (χ1) is 14.8. The Bertz CT molecular complexity index is 1030. The van der Waals surface area contributed by atoms with E-state index in [4.69, 9.17) is 14.3 Å². The number of hydrogen-bond donors (Lipinski definition) is 1. The minimum atomic E-state index is -0.325. The van der Waals surface area contributed by atoms with Crippen molar-refractivity contribution in [3.63, 3.8) is 0 Å². The minimum absolute atomic E-state index is 0.324. The molecule has 2 aromatic rings. The van der Waals surface area contributed by atoms with Crippen molar-refractivity contribution in [2.75, 3.05) is 18.1 Å². The molecule has 0 bridgehead atoms. The standard InChI is InChI=1S/C25H29BN2O2S/c1-24(2)25(3,4)30-26(29-24)21-11-9-18(10-12-21)17-5-7-19(8-6-17)23-27-15-20-16-31-14-13-22(20)28-23/h5-12H,13-16H2,1-4H3,(H,27,28). The van der Waals surface area contributed by atoms with E-state index in [1.165, 1.54) is 28.1 Å². The number of hydrogen-bond acceptors (Lipinski definition) is 5. The van der Waals surface area contributed by atoms with Crippen molar-refractivity contribution in [3.8, 4) is 11.1 Å². The van der Waals surface area contributed by atoms with Gasteiger partial charge in [-0.1, -0.05) is 48.5 Å². The lowest BCUT2D eigenvalue weighted by molar-refractivity contribution is 0.00578. The lowest BCUT2D eigenvalue weighted by atomic mass is 9.78. The number of benzene rings is 2. The van der Waals surface area contributed by atoms with Gasteiger partial charge >= 0.3 is 7.12 Å². The van der Waals surface area contributed by atoms with Crippen LogP contribution in [0.15, 0.2) is 64.8 Å². The average molecular weight is 432 g/mol. The molecule has 0 radical (unpaired) electrons. The summed E-state index contributed by atoms with van der Waals surface area (Å²) in [6, 6.07) is 17.2. The van der Waals surface area contributed by atoms with Gasteiger partial charge in [0.25, 0.3) is 0 Å². The molecule has 3 heterocycles. The summed E-state index contributed by atoms with van der Waals surface area (Å²) < 4.78 is 12.3. The normalized spacial score (nSPS) is 22.1. The van der Waals surface area contributed by atoms with Crippen LogP contribution in [0.3, 0.4) is 0 Å². The Morgan fingerprint density at radius 3 is 2.10 bits per heavy atom. The quantitative estimate of drug-likeness (QED) is 0.731. The van der Waals surface area contributed by atoms with Gasteiger partial charge in [-0.25, -0.2) is 0 Å². The number of thioether (sulfide) groups is 1. The Labute approximate surface area is 189 Å². The smallest absolute Gasteiger partial charge is 0.399 e. The second kappa shape index (κ2) is 7.84. The summed E-state index contributed by atoms with van der Waals surface area (Å²) in [5.74, 6) is 3.30. The second-order valence-corrected chi connectivity index (χ2v) is 10.6. The summed E-state index contributed by atoms with van der Waals surface area (Å²) in [6.07, 6.45) is 1.12. The number of amidine groups is 1. The summed E-state index contributed by atoms with van der Waals surface area (Å²) in [5, 5.41) is 3.57. The van der Waals surface area contributed by atoms with E-state index in [9.17, 15) is 0 Å². The zero-order valence-corrected chi connectivity index (χ0v) is 19.5. The molecule has 1 saturated heterocycles. The number of aliphatic imine (C=N–C) groups is 1. The molecule has 0 saturated carbocycles. The Morgan fingerprint density at radius 2 is 1.45 bits per heavy atom. The fourth-order valence-corrected chi connectivity index (χ4v) is 5.08. The number of nitrogens with zero attached hydrogens (tertiary/aromatic N) is 1. The monoisotopic (exact) mass is 432 g/mol. The van der Waals surface area contributed by atoms with E-state index in [1.54, 1.807) is 0 Å². The van der Waals surface area contributed by atoms with Crippen molar-refractivity contribution in [2.24, 2.45) is 4.99 Å². The molecule has 3 aliphatic rings. The maximum absolute atomic E-state index is 6.17. The summed E-state index contributed by atoms with van der Waals surface area (Å²) in [5.41, 5.74) is 6.75. The van der Waals surface area contributed by atoms with E-state index < -0.39 is 0 Å². The first kappa shape index (κ1) is 20.9. The largest absolute Gasteiger partial charge is 0.494 e. The van der Waals surface area contributed by atoms with Crippen molar-refractivity contribution >= 4 is 30.2 Å². The molecule has 5 rings (SSSR count). The highest BCUT2D eigenvalue weighted by molar-refractivity contribution is 7.99. The van der Waals surface area contributed by atoms with Crippen LogP contribution in [0.4, 0.5) is 0 Å². The average Bonchev–Trinajstić information content (AvgIpc) is 3.00. The lowest BCUT2D eigenvalue weighted by Crippen LogP contribution is -2.41. The summed E-state index contributed by atoms with van der Waals surface area (Å²) in [7, 11) is -0.325. The van der Waals surface area contributed by atoms with E-state index in [0.717, 1.165) is 35.6 Å². The van der Waals surface area contributed by atoms with Crippen LogP contribution in [0.25, 0.3) is 11.1 Å². The van der Waals surface area contributed by atoms with E-state index in [0.29, 0.717) is 0 Å². The lowest BCUT2D eigenvalue weighted by Gasteiger charge is -2.32. The molecule has 0 amide bonds. The van der Waals surface area contributed by atoms with E-state index in [2.05, 4.69) is 81.5 Å². The van der Waals surface area contributed by atoms with Crippen molar-refractivity contribution < 1.29 is 9.31 Å². The first-order valence-corrected chi connectivity index (χ1v) is 12.1. The summed E-state index contributed by atoms with van der Waals surface area (Å²) >= 11 is 2.00. The molecule has 0 unspecified atom stereocenters. The van der Waals surface area contributed by atoms with Gasteiger partial charge in [-0.3, -0.25) is 4.99 Å². The molecule has 4 nitrogen and oxygen atoms in total. The van der Waals surface area contributed by atoms with E-state index in [-0.39, 0.29) is 18.3 Å². The van der Waals surface area contributed by atoms with Gasteiger partial charge in [-0.15, -0.1) is 0 Å². The van der Waals surface area contributed by atoms with E-state index >= 15 is 0 Å². The number of allylic oxidation sites excluding steroid dienone is 1. The molecule has 0 aliphatic carbocycles. The van der Waals surface area contributed by atoms with Crippen molar-refractivity contribution in [1.82, 2.24) is 5.32 Å². The van der Waals surface area contributed by atoms with Gasteiger partial charge in [0.2, 0.25) is 0 Å². The molecule has 1 N–H and O–H groups in total. The predicted molar refractivity (Wildman–Crippen MR) is 131 cm³/mol. The van der Waals surface area contributed by atoms with Gasteiger partial charge in [0.15, 0.2) is 0 Å². The van der Waals surface area contributed by atoms with Gasteiger partial charge in [0, 0.05) is 17.0 Å². The van der Waals surface area contributed by atoms with Crippen LogP contribution in [0, 0.1) is 0 Å². The second-order valence-electron chi connectivity index (χ2n) is 9.46. The molecular formula is C25H29BN2O2S. The van der Waals surface area contributed by atoms with Crippen LogP contribution < -0.4 is 10.8 Å². The highest BCUT2D eigenvalue weighted by Gasteiger charge is 2.51. The molecule has 6 heteroatoms. The zero-order chi connectivity index (χ0) is 21.6. The van der Waals surface area contributed by atoms with Gasteiger partial charge in [-0.05, 0) is 62.0 Å². The highest BCUT2D eigenvalue weighted by Crippen LogP contribution is 2.36. The Hall–Kier alpha value is -2.02. The fourth-order valence-electron chi connectivity index (χ4n) is 4.08. The molecule has 2 aromatic carbocycles. The van der Waals surface area contributed by atoms with Crippen molar-refractivity contribution in [1.29, 1.82) is 0 Å². The van der Waals surface area contributed by atoms with Gasteiger partial charge in [0.1, 0.15) is 5.84 Å². The zero-order valence-electron chi connectivity index (χ0n) is 18.7. The third kappa shape index (κ3) is 3.97. The Kier molecular flexibility index (Phi) is 5.28. The van der Waals surface area contributed by atoms with Crippen LogP contribution in [-0.2, 0) is 9.31 Å². The Morgan fingerprint density at radius 1 is 0.871 bits per heavy atom. The van der Waals surface area contributed by atoms with Crippen LogP contribution in [0.2, 0.25) is 0 Å². The first-order valence-electron chi connectivity index (χ1n) is 11.0. The molecule has 0 aromatic heterocycles. The van der Waals surface area contributed by atoms with Crippen LogP contribution in [0.5, 0.6) is 0 Å². The third-order valence-electron chi connectivity index (χ3n) is 6.82. The molecule has 0 atom stereocenters.